The summed E-state index contributed by atoms with van der Waals surface area (Å²) in [5.74, 6) is -2.43. The third-order valence-corrected chi connectivity index (χ3v) is 8.01. The first-order valence-electron chi connectivity index (χ1n) is 15.1. The van der Waals surface area contributed by atoms with Crippen molar-refractivity contribution < 1.29 is 23.6 Å². The molecule has 0 radical (unpaired) electrons. The first-order valence-corrected chi connectivity index (χ1v) is 15.1. The first-order chi connectivity index (χ1) is 21.2. The minimum atomic E-state index is -0.642. The Morgan fingerprint density at radius 2 is 1.69 bits per heavy atom. The number of halogens is 1. The number of hydrogen-bond donors (Lipinski definition) is 2. The second kappa shape index (κ2) is 14.0. The van der Waals surface area contributed by atoms with Gasteiger partial charge < -0.3 is 25.8 Å². The van der Waals surface area contributed by atoms with Gasteiger partial charge in [0.2, 0.25) is 11.8 Å². The molecular formula is C35H42FN5O4. The lowest BCUT2D eigenvalue weighted by molar-refractivity contribution is -0.135. The Labute approximate surface area is 264 Å². The van der Waals surface area contributed by atoms with Crippen molar-refractivity contribution in [3.05, 3.63) is 100 Å². The minimum Gasteiger partial charge on any atom is -0.368 e. The van der Waals surface area contributed by atoms with Gasteiger partial charge in [0.25, 0.3) is 11.8 Å². The molecule has 1 heterocycles. The number of benzene rings is 3. The van der Waals surface area contributed by atoms with Crippen LogP contribution in [0.4, 0.5) is 10.1 Å². The number of carbonyl (C=O) groups excluding carboxylic acids is 4. The Morgan fingerprint density at radius 1 is 1.00 bits per heavy atom. The van der Waals surface area contributed by atoms with Crippen LogP contribution < -0.4 is 11.1 Å². The molecule has 1 aliphatic rings. The molecule has 10 heteroatoms. The van der Waals surface area contributed by atoms with Crippen LogP contribution in [0.25, 0.3) is 0 Å². The van der Waals surface area contributed by atoms with Gasteiger partial charge in [0.1, 0.15) is 5.82 Å². The average Bonchev–Trinajstić information content (AvgIpc) is 2.98. The zero-order chi connectivity index (χ0) is 32.9. The van der Waals surface area contributed by atoms with Crippen LogP contribution >= 0.6 is 0 Å². The van der Waals surface area contributed by atoms with Crippen LogP contribution in [0.15, 0.2) is 66.7 Å². The largest absolute Gasteiger partial charge is 0.368 e. The summed E-state index contributed by atoms with van der Waals surface area (Å²) in [5, 5.41) is 2.70. The number of nitrogens with one attached hydrogen (secondary N) is 1. The van der Waals surface area contributed by atoms with Gasteiger partial charge >= 0.3 is 0 Å². The summed E-state index contributed by atoms with van der Waals surface area (Å²) < 4.78 is 14.2. The number of fused-ring (bicyclic) bond motifs is 1. The number of rotatable bonds is 11. The summed E-state index contributed by atoms with van der Waals surface area (Å²) in [5.41, 5.74) is 8.94. The zero-order valence-electron chi connectivity index (χ0n) is 26.6. The van der Waals surface area contributed by atoms with Crippen LogP contribution in [0, 0.1) is 5.82 Å². The first kappa shape index (κ1) is 33.3. The molecule has 0 fully saturated rings. The van der Waals surface area contributed by atoms with Crippen LogP contribution in [0.2, 0.25) is 0 Å². The molecule has 3 N–H and O–H groups in total. The van der Waals surface area contributed by atoms with E-state index in [4.69, 9.17) is 5.73 Å². The van der Waals surface area contributed by atoms with E-state index in [2.05, 4.69) is 38.2 Å². The van der Waals surface area contributed by atoms with Gasteiger partial charge in [-0.05, 0) is 66.9 Å². The molecule has 9 nitrogen and oxygen atoms in total. The van der Waals surface area contributed by atoms with Gasteiger partial charge in [-0.15, -0.1) is 0 Å². The molecule has 0 saturated carbocycles. The molecule has 0 spiro atoms. The number of carbonyl (C=O) groups is 4. The summed E-state index contributed by atoms with van der Waals surface area (Å²) in [4.78, 5) is 56.9. The van der Waals surface area contributed by atoms with Crippen molar-refractivity contribution in [1.82, 2.24) is 14.7 Å². The van der Waals surface area contributed by atoms with Crippen molar-refractivity contribution in [2.24, 2.45) is 5.73 Å². The van der Waals surface area contributed by atoms with Crippen molar-refractivity contribution in [3.8, 4) is 0 Å². The molecule has 0 aromatic heterocycles. The highest BCUT2D eigenvalue weighted by Gasteiger charge is 2.34. The van der Waals surface area contributed by atoms with Gasteiger partial charge in [0, 0.05) is 37.3 Å². The molecule has 3 aromatic carbocycles. The maximum absolute atomic E-state index is 14.2. The fraction of sp³-hybridized carbons (Fsp3) is 0.371. The maximum Gasteiger partial charge on any atom is 0.258 e. The van der Waals surface area contributed by atoms with E-state index in [1.54, 1.807) is 29.2 Å². The second-order valence-corrected chi connectivity index (χ2v) is 12.7. The van der Waals surface area contributed by atoms with E-state index in [0.717, 1.165) is 16.7 Å². The fourth-order valence-electron chi connectivity index (χ4n) is 5.43. The van der Waals surface area contributed by atoms with E-state index in [9.17, 15) is 23.6 Å². The maximum atomic E-state index is 14.2. The van der Waals surface area contributed by atoms with E-state index in [-0.39, 0.29) is 48.3 Å². The van der Waals surface area contributed by atoms with E-state index in [1.165, 1.54) is 23.1 Å². The van der Waals surface area contributed by atoms with E-state index >= 15 is 0 Å². The topological polar surface area (TPSA) is 116 Å². The normalized spacial score (nSPS) is 14.7. The molecular weight excluding hydrogens is 573 g/mol. The van der Waals surface area contributed by atoms with Crippen LogP contribution in [0.1, 0.15) is 70.6 Å². The lowest BCUT2D eigenvalue weighted by Crippen LogP contribution is -2.45. The molecule has 0 bridgehead atoms. The van der Waals surface area contributed by atoms with Crippen molar-refractivity contribution in [1.29, 1.82) is 0 Å². The lowest BCUT2D eigenvalue weighted by Gasteiger charge is -2.38. The molecule has 4 amide bonds. The molecule has 238 valence electrons. The molecule has 1 atom stereocenters. The Hall–Kier alpha value is -4.57. The smallest absolute Gasteiger partial charge is 0.258 e. The number of likely N-dealkylation sites (N-methyl/N-ethyl adjacent to an activating group) is 1. The highest BCUT2D eigenvalue weighted by Crippen LogP contribution is 2.36. The van der Waals surface area contributed by atoms with E-state index in [1.807, 2.05) is 31.1 Å². The van der Waals surface area contributed by atoms with Crippen LogP contribution in [-0.2, 0) is 21.4 Å². The molecule has 0 aliphatic carbocycles. The summed E-state index contributed by atoms with van der Waals surface area (Å²) in [6.07, 6.45) is 0.499. The van der Waals surface area contributed by atoms with Crippen molar-refractivity contribution in [3.63, 3.8) is 0 Å². The molecule has 3 aromatic rings. The highest BCUT2D eigenvalue weighted by atomic mass is 19.1. The van der Waals surface area contributed by atoms with Gasteiger partial charge in [-0.2, -0.15) is 0 Å². The molecule has 4 rings (SSSR count). The number of primary amides is 1. The van der Waals surface area contributed by atoms with E-state index in [0.29, 0.717) is 30.8 Å². The Morgan fingerprint density at radius 3 is 2.31 bits per heavy atom. The summed E-state index contributed by atoms with van der Waals surface area (Å²) in [6, 6.07) is 18.6. The molecule has 1 aliphatic heterocycles. The average molecular weight is 616 g/mol. The SMILES string of the molecule is CN(C)CCN(CC(N)=O)C(=O)CCN1C(=O)c2cc(NC(=O)c3ccccc3F)ccc2CC1c1ccc(C(C)(C)C)cc1. The zero-order valence-corrected chi connectivity index (χ0v) is 26.6. The molecule has 1 unspecified atom stereocenters. The van der Waals surface area contributed by atoms with Crippen molar-refractivity contribution >= 4 is 29.3 Å². The standard InChI is InChI=1S/C35H42FN5O4/c1-35(2,3)25-13-10-23(11-14-25)30-20-24-12-15-26(38-33(44)27-8-6-7-9-29(27)36)21-28(24)34(45)41(30)17-16-32(43)40(22-31(37)42)19-18-39(4)5/h6-15,21,30H,16-20,22H2,1-5H3,(H2,37,42)(H,38,44). The van der Waals surface area contributed by atoms with Gasteiger partial charge in [-0.1, -0.05) is 63.2 Å². The fourth-order valence-corrected chi connectivity index (χ4v) is 5.43. The third-order valence-electron chi connectivity index (χ3n) is 8.01. The highest BCUT2D eigenvalue weighted by molar-refractivity contribution is 6.05. The summed E-state index contributed by atoms with van der Waals surface area (Å²) in [6.45, 7) is 7.20. The quantitative estimate of drug-likeness (QED) is 0.332. The predicted octanol–water partition coefficient (Wildman–Crippen LogP) is 4.38. The van der Waals surface area contributed by atoms with Crippen molar-refractivity contribution in [2.75, 3.05) is 45.6 Å². The Balaban J connectivity index is 1.63. The monoisotopic (exact) mass is 615 g/mol. The number of nitrogens with two attached hydrogens (primary N) is 1. The van der Waals surface area contributed by atoms with Crippen LogP contribution in [0.5, 0.6) is 0 Å². The number of hydrogen-bond acceptors (Lipinski definition) is 5. The molecule has 45 heavy (non-hydrogen) atoms. The predicted molar refractivity (Wildman–Crippen MR) is 172 cm³/mol. The Bertz CT molecular complexity index is 1560. The molecule has 0 saturated heterocycles. The van der Waals surface area contributed by atoms with Gasteiger partial charge in [0.05, 0.1) is 18.2 Å². The Kier molecular flexibility index (Phi) is 10.4. The lowest BCUT2D eigenvalue weighted by atomic mass is 9.84. The second-order valence-electron chi connectivity index (χ2n) is 12.7. The minimum absolute atomic E-state index is 0.00205. The van der Waals surface area contributed by atoms with Crippen molar-refractivity contribution in [2.45, 2.75) is 45.1 Å². The van der Waals surface area contributed by atoms with Gasteiger partial charge in [-0.3, -0.25) is 19.2 Å². The summed E-state index contributed by atoms with van der Waals surface area (Å²) >= 11 is 0. The van der Waals surface area contributed by atoms with E-state index < -0.39 is 17.6 Å². The number of amides is 4. The number of anilines is 1. The van der Waals surface area contributed by atoms with Gasteiger partial charge in [0.15, 0.2) is 0 Å². The third kappa shape index (κ3) is 8.33. The van der Waals surface area contributed by atoms with Gasteiger partial charge in [-0.25, -0.2) is 4.39 Å². The van der Waals surface area contributed by atoms with Crippen LogP contribution in [-0.4, -0.2) is 78.6 Å². The van der Waals surface area contributed by atoms with Crippen LogP contribution in [0.3, 0.4) is 0 Å². The summed E-state index contributed by atoms with van der Waals surface area (Å²) in [7, 11) is 3.75. The number of nitrogens with zero attached hydrogens (tertiary/aromatic N) is 3.